The highest BCUT2D eigenvalue weighted by molar-refractivity contribution is 7.89. The summed E-state index contributed by atoms with van der Waals surface area (Å²) >= 11 is 0. The quantitative estimate of drug-likeness (QED) is 0.570. The monoisotopic (exact) mass is 312 g/mol. The smallest absolute Gasteiger partial charge is 0.240 e. The number of nitrogens with two attached hydrogens (primary N) is 1. The first kappa shape index (κ1) is 18.0. The zero-order valence-corrected chi connectivity index (χ0v) is 14.4. The first-order valence-corrected chi connectivity index (χ1v) is 9.02. The van der Waals surface area contributed by atoms with Crippen molar-refractivity contribution in [1.29, 1.82) is 0 Å². The molecule has 1 rings (SSSR count). The number of nitrogens with one attached hydrogen (secondary N) is 1. The van der Waals surface area contributed by atoms with Crippen molar-refractivity contribution in [2.45, 2.75) is 58.3 Å². The van der Waals surface area contributed by atoms with Crippen molar-refractivity contribution in [3.63, 3.8) is 0 Å². The molecule has 1 aromatic carbocycles. The molecule has 5 heteroatoms. The lowest BCUT2D eigenvalue weighted by Crippen LogP contribution is -2.34. The maximum absolute atomic E-state index is 12.4. The normalized spacial score (nSPS) is 12.6. The first-order valence-electron chi connectivity index (χ1n) is 7.54. The summed E-state index contributed by atoms with van der Waals surface area (Å²) in [7, 11) is -3.51. The molecule has 0 aliphatic rings. The number of anilines is 1. The lowest BCUT2D eigenvalue weighted by Gasteiger charge is -2.25. The Morgan fingerprint density at radius 3 is 2.52 bits per heavy atom. The van der Waals surface area contributed by atoms with E-state index >= 15 is 0 Å². The Bertz CT molecular complexity index is 566. The van der Waals surface area contributed by atoms with E-state index in [0.29, 0.717) is 17.8 Å². The molecule has 0 radical (unpaired) electrons. The van der Waals surface area contributed by atoms with Gasteiger partial charge in [0.15, 0.2) is 0 Å². The van der Waals surface area contributed by atoms with Crippen LogP contribution >= 0.6 is 0 Å². The summed E-state index contributed by atoms with van der Waals surface area (Å²) in [5, 5.41) is 0. The Hall–Kier alpha value is -1.07. The molecule has 0 atom stereocenters. The molecular formula is C16H28N2O2S. The van der Waals surface area contributed by atoms with Gasteiger partial charge in [0, 0.05) is 12.2 Å². The fourth-order valence-corrected chi connectivity index (χ4v) is 3.74. The molecule has 0 saturated heterocycles. The van der Waals surface area contributed by atoms with Gasteiger partial charge in [-0.1, -0.05) is 46.1 Å². The highest BCUT2D eigenvalue weighted by Crippen LogP contribution is 2.24. The Morgan fingerprint density at radius 1 is 1.24 bits per heavy atom. The van der Waals surface area contributed by atoms with Gasteiger partial charge < -0.3 is 5.73 Å². The van der Waals surface area contributed by atoms with Gasteiger partial charge in [0.05, 0.1) is 4.90 Å². The van der Waals surface area contributed by atoms with Crippen LogP contribution in [0.3, 0.4) is 0 Å². The van der Waals surface area contributed by atoms with Crippen LogP contribution in [0.4, 0.5) is 5.69 Å². The number of sulfonamides is 1. The molecule has 0 unspecified atom stereocenters. The van der Waals surface area contributed by atoms with Crippen LogP contribution in [0.5, 0.6) is 0 Å². The van der Waals surface area contributed by atoms with Crippen LogP contribution in [-0.4, -0.2) is 15.0 Å². The minimum Gasteiger partial charge on any atom is -0.399 e. The van der Waals surface area contributed by atoms with Crippen LogP contribution < -0.4 is 10.5 Å². The Labute approximate surface area is 129 Å². The van der Waals surface area contributed by atoms with Crippen molar-refractivity contribution < 1.29 is 8.42 Å². The molecule has 0 heterocycles. The minimum atomic E-state index is -3.51. The fourth-order valence-electron chi connectivity index (χ4n) is 2.22. The summed E-state index contributed by atoms with van der Waals surface area (Å²) in [4.78, 5) is 0.270. The first-order chi connectivity index (χ1) is 9.68. The van der Waals surface area contributed by atoms with E-state index in [-0.39, 0.29) is 10.3 Å². The third-order valence-corrected chi connectivity index (χ3v) is 5.24. The summed E-state index contributed by atoms with van der Waals surface area (Å²) in [6.45, 7) is 8.57. The number of nitrogen functional groups attached to an aromatic ring is 1. The van der Waals surface area contributed by atoms with E-state index in [0.717, 1.165) is 12.8 Å². The fraction of sp³-hybridized carbons (Fsp3) is 0.625. The van der Waals surface area contributed by atoms with Gasteiger partial charge in [-0.3, -0.25) is 0 Å². The van der Waals surface area contributed by atoms with E-state index in [1.807, 2.05) is 0 Å². The summed E-state index contributed by atoms with van der Waals surface area (Å²) in [5.41, 5.74) is 6.82. The van der Waals surface area contributed by atoms with E-state index in [1.54, 1.807) is 19.1 Å². The number of hydrogen-bond acceptors (Lipinski definition) is 3. The second-order valence-corrected chi connectivity index (χ2v) is 8.21. The highest BCUT2D eigenvalue weighted by Gasteiger charge is 2.23. The average Bonchev–Trinajstić information content (AvgIpc) is 2.40. The second-order valence-electron chi connectivity index (χ2n) is 6.47. The van der Waals surface area contributed by atoms with Crippen molar-refractivity contribution in [3.05, 3.63) is 23.8 Å². The van der Waals surface area contributed by atoms with Gasteiger partial charge in [0.2, 0.25) is 10.0 Å². The third-order valence-electron chi connectivity index (χ3n) is 3.70. The van der Waals surface area contributed by atoms with Crippen LogP contribution in [-0.2, 0) is 10.0 Å². The summed E-state index contributed by atoms with van der Waals surface area (Å²) in [6.07, 6.45) is 4.50. The van der Waals surface area contributed by atoms with Crippen molar-refractivity contribution >= 4 is 15.7 Å². The van der Waals surface area contributed by atoms with Gasteiger partial charge in [0.1, 0.15) is 0 Å². The van der Waals surface area contributed by atoms with Gasteiger partial charge in [-0.05, 0) is 36.5 Å². The lowest BCUT2D eigenvalue weighted by atomic mass is 9.87. The number of hydrogen-bond donors (Lipinski definition) is 2. The van der Waals surface area contributed by atoms with Crippen LogP contribution in [0.25, 0.3) is 0 Å². The van der Waals surface area contributed by atoms with Crippen LogP contribution in [0.15, 0.2) is 23.1 Å². The molecule has 0 aliphatic heterocycles. The molecule has 0 fully saturated rings. The third kappa shape index (κ3) is 5.67. The van der Waals surface area contributed by atoms with Crippen LogP contribution in [0.2, 0.25) is 0 Å². The number of benzene rings is 1. The van der Waals surface area contributed by atoms with Gasteiger partial charge in [-0.15, -0.1) is 0 Å². The average molecular weight is 312 g/mol. The van der Waals surface area contributed by atoms with Gasteiger partial charge in [-0.25, -0.2) is 13.1 Å². The Kier molecular flexibility index (Phi) is 6.23. The maximum atomic E-state index is 12.4. The maximum Gasteiger partial charge on any atom is 0.240 e. The number of aryl methyl sites for hydroxylation is 1. The van der Waals surface area contributed by atoms with E-state index in [9.17, 15) is 8.42 Å². The largest absolute Gasteiger partial charge is 0.399 e. The SMILES string of the molecule is CCCCCC(C)(C)CNS(=O)(=O)c1cc(N)ccc1C. The van der Waals surface area contributed by atoms with Gasteiger partial charge >= 0.3 is 0 Å². The molecule has 3 N–H and O–H groups in total. The summed E-state index contributed by atoms with van der Waals surface area (Å²) in [5.74, 6) is 0. The summed E-state index contributed by atoms with van der Waals surface area (Å²) in [6, 6.07) is 4.96. The lowest BCUT2D eigenvalue weighted by molar-refractivity contribution is 0.320. The molecular weight excluding hydrogens is 284 g/mol. The molecule has 0 spiro atoms. The standard InChI is InChI=1S/C16H28N2O2S/c1-5-6-7-10-16(3,4)12-18-21(19,20)15-11-14(17)9-8-13(15)2/h8-9,11,18H,5-7,10,12,17H2,1-4H3. The number of rotatable bonds is 8. The van der Waals surface area contributed by atoms with Crippen molar-refractivity contribution in [3.8, 4) is 0 Å². The van der Waals surface area contributed by atoms with E-state index in [2.05, 4.69) is 25.5 Å². The van der Waals surface area contributed by atoms with Gasteiger partial charge in [0.25, 0.3) is 0 Å². The molecule has 4 nitrogen and oxygen atoms in total. The zero-order chi connectivity index (χ0) is 16.1. The van der Waals surface area contributed by atoms with Crippen molar-refractivity contribution in [2.24, 2.45) is 5.41 Å². The predicted molar refractivity (Wildman–Crippen MR) is 88.7 cm³/mol. The van der Waals surface area contributed by atoms with E-state index in [1.165, 1.54) is 18.9 Å². The van der Waals surface area contributed by atoms with E-state index < -0.39 is 10.0 Å². The molecule has 21 heavy (non-hydrogen) atoms. The van der Waals surface area contributed by atoms with Crippen LogP contribution in [0.1, 0.15) is 52.0 Å². The molecule has 0 amide bonds. The molecule has 0 saturated carbocycles. The van der Waals surface area contributed by atoms with E-state index in [4.69, 9.17) is 5.73 Å². The summed E-state index contributed by atoms with van der Waals surface area (Å²) < 4.78 is 27.6. The van der Waals surface area contributed by atoms with Gasteiger partial charge in [-0.2, -0.15) is 0 Å². The molecule has 0 aromatic heterocycles. The molecule has 0 bridgehead atoms. The minimum absolute atomic E-state index is 0.0452. The van der Waals surface area contributed by atoms with Crippen molar-refractivity contribution in [1.82, 2.24) is 4.72 Å². The van der Waals surface area contributed by atoms with Crippen molar-refractivity contribution in [2.75, 3.05) is 12.3 Å². The molecule has 120 valence electrons. The zero-order valence-electron chi connectivity index (χ0n) is 13.6. The topological polar surface area (TPSA) is 72.2 Å². The Balaban J connectivity index is 2.75. The molecule has 0 aliphatic carbocycles. The predicted octanol–water partition coefficient (Wildman–Crippen LogP) is 3.46. The molecule has 1 aromatic rings. The number of unbranched alkanes of at least 4 members (excludes halogenated alkanes) is 2. The second kappa shape index (κ2) is 7.27. The Morgan fingerprint density at radius 2 is 1.90 bits per heavy atom. The van der Waals surface area contributed by atoms with Crippen LogP contribution in [0, 0.1) is 12.3 Å². The highest BCUT2D eigenvalue weighted by atomic mass is 32.2.